The fraction of sp³-hybridized carbons (Fsp3) is 0.0256. The third-order valence-electron chi connectivity index (χ3n) is 8.11. The summed E-state index contributed by atoms with van der Waals surface area (Å²) in [6.45, 7) is 0.793. The average Bonchev–Trinajstić information content (AvgIpc) is 3.45. The van der Waals surface area contributed by atoms with Gasteiger partial charge < -0.3 is 10.2 Å². The van der Waals surface area contributed by atoms with Gasteiger partial charge in [-0.25, -0.2) is 0 Å². The molecule has 0 fully saturated rings. The van der Waals surface area contributed by atoms with Gasteiger partial charge in [-0.2, -0.15) is 0 Å². The Kier molecular flexibility index (Phi) is 6.09. The highest BCUT2D eigenvalue weighted by atomic mass is 32.1. The molecule has 1 aliphatic heterocycles. The van der Waals surface area contributed by atoms with E-state index in [0.29, 0.717) is 0 Å². The minimum absolute atomic E-state index is 0.793. The maximum atomic E-state index is 3.63. The molecule has 6 aromatic carbocycles. The summed E-state index contributed by atoms with van der Waals surface area (Å²) in [7, 11) is 0. The Bertz CT molecular complexity index is 2070. The minimum atomic E-state index is 0.793. The lowest BCUT2D eigenvalue weighted by Crippen LogP contribution is -2.20. The molecule has 200 valence electrons. The first-order valence-corrected chi connectivity index (χ1v) is 15.1. The van der Waals surface area contributed by atoms with E-state index in [1.165, 1.54) is 59.4 Å². The van der Waals surface area contributed by atoms with E-state index in [2.05, 4.69) is 162 Å². The first-order chi connectivity index (χ1) is 20.8. The zero-order valence-electron chi connectivity index (χ0n) is 23.0. The number of nitrogens with one attached hydrogen (secondary N) is 1. The van der Waals surface area contributed by atoms with Crippen LogP contribution in [0.25, 0.3) is 48.8 Å². The second-order valence-corrected chi connectivity index (χ2v) is 11.6. The van der Waals surface area contributed by atoms with Crippen molar-refractivity contribution in [3.05, 3.63) is 157 Å². The molecular weight excluding hydrogens is 529 g/mol. The van der Waals surface area contributed by atoms with E-state index >= 15 is 0 Å². The van der Waals surface area contributed by atoms with Gasteiger partial charge in [-0.05, 0) is 69.4 Å². The summed E-state index contributed by atoms with van der Waals surface area (Å²) in [5.74, 6) is 0. The first kappa shape index (κ1) is 24.7. The number of nitrogens with zero attached hydrogens (tertiary/aromatic N) is 1. The van der Waals surface area contributed by atoms with Gasteiger partial charge in [0.2, 0.25) is 0 Å². The summed E-state index contributed by atoms with van der Waals surface area (Å²) in [6.07, 6.45) is 2.32. The lowest BCUT2D eigenvalue weighted by atomic mass is 9.97. The molecule has 0 radical (unpaired) electrons. The number of anilines is 3. The molecule has 0 amide bonds. The van der Waals surface area contributed by atoms with Gasteiger partial charge in [0.05, 0.1) is 10.7 Å². The molecular formula is C39H28N2S. The molecule has 0 aliphatic carbocycles. The van der Waals surface area contributed by atoms with E-state index in [0.717, 1.165) is 17.9 Å². The summed E-state index contributed by atoms with van der Waals surface area (Å²) in [6, 6.07) is 52.5. The fourth-order valence-electron chi connectivity index (χ4n) is 6.10. The van der Waals surface area contributed by atoms with Gasteiger partial charge in [0, 0.05) is 33.6 Å². The highest BCUT2D eigenvalue weighted by molar-refractivity contribution is 7.23. The Labute approximate surface area is 249 Å². The lowest BCUT2D eigenvalue weighted by molar-refractivity contribution is 1.24. The van der Waals surface area contributed by atoms with Crippen LogP contribution in [0.3, 0.4) is 0 Å². The van der Waals surface area contributed by atoms with Gasteiger partial charge in [-0.1, -0.05) is 115 Å². The smallest absolute Gasteiger partial charge is 0.0992 e. The van der Waals surface area contributed by atoms with Crippen LogP contribution >= 0.6 is 11.3 Å². The zero-order valence-corrected chi connectivity index (χ0v) is 23.8. The highest BCUT2D eigenvalue weighted by Crippen LogP contribution is 2.46. The Balaban J connectivity index is 1.26. The van der Waals surface area contributed by atoms with Gasteiger partial charge in [-0.15, -0.1) is 11.3 Å². The molecule has 1 aliphatic rings. The molecule has 2 heterocycles. The molecule has 1 aromatic heterocycles. The normalized spacial score (nSPS) is 12.5. The highest BCUT2D eigenvalue weighted by Gasteiger charge is 2.25. The average molecular weight is 557 g/mol. The first-order valence-electron chi connectivity index (χ1n) is 14.3. The number of fused-ring (bicyclic) bond motifs is 4. The Morgan fingerprint density at radius 1 is 0.524 bits per heavy atom. The summed E-state index contributed by atoms with van der Waals surface area (Å²) in [4.78, 5) is 2.42. The summed E-state index contributed by atoms with van der Waals surface area (Å²) in [5, 5.41) is 8.68. The number of hydrogen-bond donors (Lipinski definition) is 1. The Hall–Kier alpha value is -5.12. The largest absolute Gasteiger partial charge is 0.373 e. The van der Waals surface area contributed by atoms with Crippen molar-refractivity contribution in [2.24, 2.45) is 0 Å². The lowest BCUT2D eigenvalue weighted by Gasteiger charge is -2.31. The van der Waals surface area contributed by atoms with Crippen molar-refractivity contribution in [2.45, 2.75) is 0 Å². The van der Waals surface area contributed by atoms with Crippen molar-refractivity contribution in [1.29, 1.82) is 0 Å². The quantitative estimate of drug-likeness (QED) is 0.227. The van der Waals surface area contributed by atoms with Gasteiger partial charge in [0.15, 0.2) is 0 Å². The monoisotopic (exact) mass is 556 g/mol. The van der Waals surface area contributed by atoms with E-state index in [1.54, 1.807) is 0 Å². The van der Waals surface area contributed by atoms with Crippen molar-refractivity contribution < 1.29 is 0 Å². The maximum absolute atomic E-state index is 3.63. The summed E-state index contributed by atoms with van der Waals surface area (Å²) in [5.41, 5.74) is 9.68. The standard InChI is InChI=1S/C39H28N2S/c1-2-9-27(10-3-1)28-17-21-31(22-18-28)41(36-25-26-40-39-38(36)35-14-6-7-16-37(35)42-39)32-23-19-30(20-24-32)34-15-8-12-29-11-4-5-13-33(29)34/h1-25,40H,26H2. The van der Waals surface area contributed by atoms with E-state index in [-0.39, 0.29) is 0 Å². The molecule has 0 unspecified atom stereocenters. The molecule has 0 bridgehead atoms. The van der Waals surface area contributed by atoms with Crippen LogP contribution in [0.4, 0.5) is 16.4 Å². The van der Waals surface area contributed by atoms with Crippen LogP contribution in [0.2, 0.25) is 0 Å². The fourth-order valence-corrected chi connectivity index (χ4v) is 7.22. The van der Waals surface area contributed by atoms with Gasteiger partial charge >= 0.3 is 0 Å². The third kappa shape index (κ3) is 4.27. The number of benzene rings is 6. The summed E-state index contributed by atoms with van der Waals surface area (Å²) >= 11 is 1.83. The van der Waals surface area contributed by atoms with Crippen LogP contribution < -0.4 is 10.2 Å². The van der Waals surface area contributed by atoms with Crippen molar-refractivity contribution in [3.8, 4) is 22.3 Å². The number of hydrogen-bond acceptors (Lipinski definition) is 3. The van der Waals surface area contributed by atoms with Crippen molar-refractivity contribution in [2.75, 3.05) is 16.8 Å². The topological polar surface area (TPSA) is 15.3 Å². The molecule has 7 aromatic rings. The number of thiophene rings is 1. The van der Waals surface area contributed by atoms with Gasteiger partial charge in [0.1, 0.15) is 0 Å². The molecule has 42 heavy (non-hydrogen) atoms. The molecule has 8 rings (SSSR count). The maximum Gasteiger partial charge on any atom is 0.0992 e. The van der Waals surface area contributed by atoms with E-state index in [1.807, 2.05) is 11.3 Å². The van der Waals surface area contributed by atoms with Crippen molar-refractivity contribution in [1.82, 2.24) is 0 Å². The Morgan fingerprint density at radius 2 is 1.14 bits per heavy atom. The molecule has 0 saturated carbocycles. The van der Waals surface area contributed by atoms with E-state index in [4.69, 9.17) is 0 Å². The van der Waals surface area contributed by atoms with Crippen molar-refractivity contribution in [3.63, 3.8) is 0 Å². The van der Waals surface area contributed by atoms with E-state index < -0.39 is 0 Å². The van der Waals surface area contributed by atoms with Gasteiger partial charge in [0.25, 0.3) is 0 Å². The van der Waals surface area contributed by atoms with Crippen LogP contribution in [0, 0.1) is 0 Å². The van der Waals surface area contributed by atoms with Crippen LogP contribution in [-0.2, 0) is 0 Å². The van der Waals surface area contributed by atoms with Crippen LogP contribution in [-0.4, -0.2) is 6.54 Å². The molecule has 0 spiro atoms. The summed E-state index contributed by atoms with van der Waals surface area (Å²) < 4.78 is 1.30. The molecule has 0 saturated heterocycles. The minimum Gasteiger partial charge on any atom is -0.373 e. The predicted molar refractivity (Wildman–Crippen MR) is 182 cm³/mol. The molecule has 1 N–H and O–H groups in total. The van der Waals surface area contributed by atoms with E-state index in [9.17, 15) is 0 Å². The van der Waals surface area contributed by atoms with Gasteiger partial charge in [-0.3, -0.25) is 0 Å². The zero-order chi connectivity index (χ0) is 27.9. The number of rotatable bonds is 5. The third-order valence-corrected chi connectivity index (χ3v) is 9.24. The molecule has 2 nitrogen and oxygen atoms in total. The predicted octanol–water partition coefficient (Wildman–Crippen LogP) is 11.0. The van der Waals surface area contributed by atoms with Crippen LogP contribution in [0.5, 0.6) is 0 Å². The second-order valence-electron chi connectivity index (χ2n) is 10.6. The van der Waals surface area contributed by atoms with Crippen LogP contribution in [0.1, 0.15) is 5.56 Å². The SMILES string of the molecule is C1=C(N(c2ccc(-c3ccccc3)cc2)c2ccc(-c3cccc4ccccc34)cc2)c2c(sc3ccccc23)NC1. The molecule has 0 atom stereocenters. The molecule has 3 heteroatoms. The van der Waals surface area contributed by atoms with Crippen molar-refractivity contribution >= 4 is 54.3 Å². The second kappa shape index (κ2) is 10.4. The van der Waals surface area contributed by atoms with Crippen LogP contribution in [0.15, 0.2) is 152 Å². The Morgan fingerprint density at radius 3 is 1.93 bits per heavy atom.